The highest BCUT2D eigenvalue weighted by atomic mass is 16.2. The fourth-order valence-corrected chi connectivity index (χ4v) is 3.00. The van der Waals surface area contributed by atoms with Gasteiger partial charge in [0.05, 0.1) is 17.7 Å². The summed E-state index contributed by atoms with van der Waals surface area (Å²) in [5, 5.41) is 2.92. The molecule has 134 valence electrons. The number of carbonyl (C=O) groups excluding carboxylic acids is 2. The van der Waals surface area contributed by atoms with Crippen LogP contribution in [0, 0.1) is 5.92 Å². The number of para-hydroxylation sites is 1. The minimum absolute atomic E-state index is 0.0529. The lowest BCUT2D eigenvalue weighted by atomic mass is 10.1. The first-order valence-corrected chi connectivity index (χ1v) is 8.70. The summed E-state index contributed by atoms with van der Waals surface area (Å²) in [5.74, 6) is 0.590. The zero-order chi connectivity index (χ0) is 18.0. The molecule has 0 spiro atoms. The fraction of sp³-hybridized carbons (Fsp3) is 0.500. The van der Waals surface area contributed by atoms with Crippen molar-refractivity contribution in [2.24, 2.45) is 5.92 Å². The van der Waals surface area contributed by atoms with E-state index in [0.717, 1.165) is 18.7 Å². The van der Waals surface area contributed by atoms with Gasteiger partial charge in [-0.25, -0.2) is 9.78 Å². The smallest absolute Gasteiger partial charge is 0.327 e. The Hall–Kier alpha value is -2.41. The zero-order valence-electron chi connectivity index (χ0n) is 15.0. The summed E-state index contributed by atoms with van der Waals surface area (Å²) in [6.07, 6.45) is 2.46. The van der Waals surface area contributed by atoms with Crippen LogP contribution in [-0.4, -0.2) is 59.6 Å². The number of nitrogens with one attached hydrogen (secondary N) is 1. The van der Waals surface area contributed by atoms with Gasteiger partial charge in [-0.2, -0.15) is 0 Å². The van der Waals surface area contributed by atoms with Crippen molar-refractivity contribution in [2.45, 2.75) is 20.3 Å². The number of hydrogen-bond donors (Lipinski definition) is 1. The van der Waals surface area contributed by atoms with Crippen molar-refractivity contribution in [3.8, 4) is 0 Å². The molecule has 1 aromatic heterocycles. The minimum Gasteiger partial charge on any atom is -0.337 e. The molecule has 0 radical (unpaired) electrons. The summed E-state index contributed by atoms with van der Waals surface area (Å²) < 4.78 is 1.51. The lowest BCUT2D eigenvalue weighted by Crippen LogP contribution is -2.49. The minimum atomic E-state index is -0.190. The molecule has 0 unspecified atom stereocenters. The largest absolute Gasteiger partial charge is 0.337 e. The summed E-state index contributed by atoms with van der Waals surface area (Å²) in [4.78, 5) is 33.0. The highest BCUT2D eigenvalue weighted by Crippen LogP contribution is 2.26. The molecule has 3 rings (SSSR count). The summed E-state index contributed by atoms with van der Waals surface area (Å²) in [6, 6.07) is 5.42. The molecule has 0 atom stereocenters. The molecular weight excluding hydrogens is 318 g/mol. The van der Waals surface area contributed by atoms with Crippen molar-refractivity contribution in [2.75, 3.05) is 38.1 Å². The monoisotopic (exact) mass is 343 g/mol. The number of imidazole rings is 1. The summed E-state index contributed by atoms with van der Waals surface area (Å²) in [5.41, 5.74) is 2.16. The number of piperazine rings is 1. The molecule has 0 bridgehead atoms. The molecule has 1 saturated heterocycles. The van der Waals surface area contributed by atoms with Crippen LogP contribution in [0.1, 0.15) is 20.3 Å². The van der Waals surface area contributed by atoms with E-state index in [1.807, 2.05) is 30.1 Å². The van der Waals surface area contributed by atoms with Crippen LogP contribution in [0.25, 0.3) is 11.0 Å². The first kappa shape index (κ1) is 17.4. The number of fused-ring (bicyclic) bond motifs is 1. The van der Waals surface area contributed by atoms with Crippen molar-refractivity contribution in [1.29, 1.82) is 0 Å². The maximum Gasteiger partial charge on any atom is 0.327 e. The van der Waals surface area contributed by atoms with Crippen LogP contribution in [0.2, 0.25) is 0 Å². The van der Waals surface area contributed by atoms with Gasteiger partial charge in [0.25, 0.3) is 0 Å². The van der Waals surface area contributed by atoms with E-state index in [1.54, 1.807) is 4.90 Å². The highest BCUT2D eigenvalue weighted by molar-refractivity contribution is 6.04. The standard InChI is InChI=1S/C18H25N5O2/c1-13(2)7-8-19-18(25)23-12-20-17-14(5-4-6-15(17)23)22-10-9-21(3)11-16(22)24/h4-6,12-13H,7-11H2,1-3H3,(H,19,25). The third-order valence-corrected chi connectivity index (χ3v) is 4.47. The Labute approximate surface area is 147 Å². The zero-order valence-corrected chi connectivity index (χ0v) is 15.0. The van der Waals surface area contributed by atoms with Gasteiger partial charge in [0.2, 0.25) is 5.91 Å². The van der Waals surface area contributed by atoms with Crippen molar-refractivity contribution in [1.82, 2.24) is 19.8 Å². The van der Waals surface area contributed by atoms with Crippen LogP contribution in [-0.2, 0) is 4.79 Å². The summed E-state index contributed by atoms with van der Waals surface area (Å²) in [6.45, 7) is 6.72. The molecule has 0 aliphatic carbocycles. The van der Waals surface area contributed by atoms with Crippen LogP contribution >= 0.6 is 0 Å². The quantitative estimate of drug-likeness (QED) is 0.921. The van der Waals surface area contributed by atoms with Crippen molar-refractivity contribution in [3.05, 3.63) is 24.5 Å². The molecule has 2 heterocycles. The number of rotatable bonds is 4. The van der Waals surface area contributed by atoms with Gasteiger partial charge in [-0.3, -0.25) is 14.3 Å². The lowest BCUT2D eigenvalue weighted by molar-refractivity contribution is -0.120. The van der Waals surface area contributed by atoms with Gasteiger partial charge in [-0.15, -0.1) is 0 Å². The average Bonchev–Trinajstić information content (AvgIpc) is 2.99. The Balaban J connectivity index is 1.85. The number of benzene rings is 1. The third-order valence-electron chi connectivity index (χ3n) is 4.47. The van der Waals surface area contributed by atoms with E-state index in [4.69, 9.17) is 0 Å². The van der Waals surface area contributed by atoms with E-state index in [-0.39, 0.29) is 11.9 Å². The molecule has 1 aliphatic heterocycles. The Kier molecular flexibility index (Phi) is 5.03. The van der Waals surface area contributed by atoms with E-state index in [2.05, 4.69) is 24.1 Å². The van der Waals surface area contributed by atoms with Crippen LogP contribution in [0.4, 0.5) is 10.5 Å². The predicted octanol–water partition coefficient (Wildman–Crippen LogP) is 1.92. The van der Waals surface area contributed by atoms with Crippen molar-refractivity contribution >= 4 is 28.7 Å². The Morgan fingerprint density at radius 3 is 2.84 bits per heavy atom. The van der Waals surface area contributed by atoms with Gasteiger partial charge < -0.3 is 10.2 Å². The predicted molar refractivity (Wildman–Crippen MR) is 97.8 cm³/mol. The van der Waals surface area contributed by atoms with Crippen LogP contribution in [0.15, 0.2) is 24.5 Å². The van der Waals surface area contributed by atoms with Gasteiger partial charge in [0, 0.05) is 19.6 Å². The normalized spacial score (nSPS) is 16.0. The van der Waals surface area contributed by atoms with Gasteiger partial charge in [-0.05, 0) is 31.5 Å². The number of anilines is 1. The number of aromatic nitrogens is 2. The van der Waals surface area contributed by atoms with E-state index in [1.165, 1.54) is 10.9 Å². The Morgan fingerprint density at radius 1 is 1.32 bits per heavy atom. The molecule has 1 aromatic carbocycles. The third kappa shape index (κ3) is 3.66. The molecule has 0 saturated carbocycles. The first-order chi connectivity index (χ1) is 12.0. The Bertz CT molecular complexity index is 783. The van der Waals surface area contributed by atoms with E-state index < -0.39 is 0 Å². The molecule has 1 fully saturated rings. The fourth-order valence-electron chi connectivity index (χ4n) is 3.00. The second-order valence-electron chi connectivity index (χ2n) is 6.96. The molecule has 2 amide bonds. The average molecular weight is 343 g/mol. The van der Waals surface area contributed by atoms with Crippen LogP contribution in [0.5, 0.6) is 0 Å². The number of amides is 2. The molecule has 7 nitrogen and oxygen atoms in total. The lowest BCUT2D eigenvalue weighted by Gasteiger charge is -2.32. The number of likely N-dealkylation sites (N-methyl/N-ethyl adjacent to an activating group) is 1. The van der Waals surface area contributed by atoms with Crippen molar-refractivity contribution < 1.29 is 9.59 Å². The first-order valence-electron chi connectivity index (χ1n) is 8.70. The van der Waals surface area contributed by atoms with E-state index in [9.17, 15) is 9.59 Å². The number of nitrogens with zero attached hydrogens (tertiary/aromatic N) is 4. The molecule has 7 heteroatoms. The van der Waals surface area contributed by atoms with E-state index >= 15 is 0 Å². The molecule has 1 aliphatic rings. The van der Waals surface area contributed by atoms with Crippen LogP contribution < -0.4 is 10.2 Å². The van der Waals surface area contributed by atoms with Gasteiger partial charge >= 0.3 is 6.03 Å². The molecule has 25 heavy (non-hydrogen) atoms. The number of hydrogen-bond acceptors (Lipinski definition) is 4. The van der Waals surface area contributed by atoms with Gasteiger partial charge in [0.15, 0.2) is 0 Å². The second kappa shape index (κ2) is 7.23. The molecular formula is C18H25N5O2. The van der Waals surface area contributed by atoms with Crippen molar-refractivity contribution in [3.63, 3.8) is 0 Å². The SMILES string of the molecule is CC(C)CCNC(=O)n1cnc2c(N3CCN(C)CC3=O)cccc21. The highest BCUT2D eigenvalue weighted by Gasteiger charge is 2.25. The second-order valence-corrected chi connectivity index (χ2v) is 6.96. The molecule has 2 aromatic rings. The molecule has 1 N–H and O–H groups in total. The van der Waals surface area contributed by atoms with E-state index in [0.29, 0.717) is 36.6 Å². The van der Waals surface area contributed by atoms with Gasteiger partial charge in [0.1, 0.15) is 11.8 Å². The van der Waals surface area contributed by atoms with Crippen LogP contribution in [0.3, 0.4) is 0 Å². The maximum atomic E-state index is 12.4. The maximum absolute atomic E-state index is 12.4. The topological polar surface area (TPSA) is 70.5 Å². The Morgan fingerprint density at radius 2 is 2.12 bits per heavy atom. The summed E-state index contributed by atoms with van der Waals surface area (Å²) in [7, 11) is 1.94. The summed E-state index contributed by atoms with van der Waals surface area (Å²) >= 11 is 0. The van der Waals surface area contributed by atoms with Gasteiger partial charge in [-0.1, -0.05) is 19.9 Å². The number of carbonyl (C=O) groups is 2.